The van der Waals surface area contributed by atoms with Crippen molar-refractivity contribution in [3.8, 4) is 0 Å². The van der Waals surface area contributed by atoms with E-state index >= 15 is 0 Å². The fraction of sp³-hybridized carbons (Fsp3) is 0.308. The van der Waals surface area contributed by atoms with E-state index in [0.717, 1.165) is 30.6 Å². The molecule has 1 N–H and O–H groups in total. The van der Waals surface area contributed by atoms with Gasteiger partial charge < -0.3 is 14.3 Å². The monoisotopic (exact) mass is 456 g/mol. The summed E-state index contributed by atoms with van der Waals surface area (Å²) < 4.78 is 7.32. The number of anilines is 1. The summed E-state index contributed by atoms with van der Waals surface area (Å²) in [5.41, 5.74) is 2.38. The van der Waals surface area contributed by atoms with Gasteiger partial charge in [0.05, 0.1) is 17.4 Å². The zero-order valence-corrected chi connectivity index (χ0v) is 18.8. The van der Waals surface area contributed by atoms with Crippen LogP contribution < -0.4 is 16.5 Å². The SMILES string of the molecule is Cc1cc(NC(=O)CN2CC3CC(C2)c2cccc(=O)n2C3)nc2c1c(=O)oc1ccccc12. The highest BCUT2D eigenvalue weighted by Gasteiger charge is 2.35. The Hall–Kier alpha value is -3.78. The van der Waals surface area contributed by atoms with Crippen LogP contribution >= 0.6 is 0 Å². The first-order chi connectivity index (χ1) is 16.5. The standard InChI is InChI=1S/C26H24N4O4/c1-15-9-21(28-25-18-5-2-3-7-20(18)34-26(33)24(15)25)27-22(31)14-29-11-16-10-17(13-29)19-6-4-8-23(32)30(19)12-16/h2-9,16-17H,10-14H2,1H3,(H,27,28,31). The van der Waals surface area contributed by atoms with Crippen LogP contribution in [-0.2, 0) is 11.3 Å². The number of nitrogens with zero attached hydrogens (tertiary/aromatic N) is 3. The summed E-state index contributed by atoms with van der Waals surface area (Å²) in [5.74, 6) is 0.871. The number of rotatable bonds is 3. The van der Waals surface area contributed by atoms with Crippen molar-refractivity contribution in [3.63, 3.8) is 0 Å². The van der Waals surface area contributed by atoms with Crippen molar-refractivity contribution in [2.45, 2.75) is 25.8 Å². The van der Waals surface area contributed by atoms with Gasteiger partial charge >= 0.3 is 5.63 Å². The fourth-order valence-electron chi connectivity index (χ4n) is 5.60. The van der Waals surface area contributed by atoms with Gasteiger partial charge in [-0.25, -0.2) is 9.78 Å². The average Bonchev–Trinajstić information content (AvgIpc) is 2.79. The molecular weight excluding hydrogens is 432 g/mol. The Bertz CT molecular complexity index is 1570. The third-order valence-electron chi connectivity index (χ3n) is 6.96. The molecule has 2 aliphatic rings. The molecule has 5 heterocycles. The highest BCUT2D eigenvalue weighted by atomic mass is 16.4. The molecule has 3 aromatic heterocycles. The highest BCUT2D eigenvalue weighted by Crippen LogP contribution is 2.34. The van der Waals surface area contributed by atoms with E-state index in [4.69, 9.17) is 4.42 Å². The maximum absolute atomic E-state index is 12.9. The van der Waals surface area contributed by atoms with Gasteiger partial charge in [0, 0.05) is 42.7 Å². The molecule has 0 spiro atoms. The summed E-state index contributed by atoms with van der Waals surface area (Å²) in [6.45, 7) is 4.28. The number of aromatic nitrogens is 2. The van der Waals surface area contributed by atoms with Crippen LogP contribution in [-0.4, -0.2) is 40.0 Å². The van der Waals surface area contributed by atoms with Crippen LogP contribution in [0.3, 0.4) is 0 Å². The van der Waals surface area contributed by atoms with Crippen molar-refractivity contribution in [2.75, 3.05) is 25.0 Å². The van der Waals surface area contributed by atoms with Crippen molar-refractivity contribution in [1.82, 2.24) is 14.5 Å². The lowest BCUT2D eigenvalue weighted by atomic mass is 9.83. The second-order valence-electron chi connectivity index (χ2n) is 9.37. The van der Waals surface area contributed by atoms with Crippen molar-refractivity contribution in [3.05, 3.63) is 80.6 Å². The van der Waals surface area contributed by atoms with Crippen LogP contribution in [0.4, 0.5) is 5.82 Å². The van der Waals surface area contributed by atoms with Crippen LogP contribution in [0.5, 0.6) is 0 Å². The number of piperidine rings is 1. The number of benzene rings is 1. The maximum Gasteiger partial charge on any atom is 0.346 e. The Labute approximate surface area is 194 Å². The second-order valence-corrected chi connectivity index (χ2v) is 9.37. The van der Waals surface area contributed by atoms with Crippen LogP contribution in [0.15, 0.2) is 62.5 Å². The van der Waals surface area contributed by atoms with Gasteiger partial charge in [-0.3, -0.25) is 14.5 Å². The predicted octanol–water partition coefficient (Wildman–Crippen LogP) is 2.87. The lowest BCUT2D eigenvalue weighted by Gasteiger charge is -2.42. The number of hydrogen-bond acceptors (Lipinski definition) is 6. The fourth-order valence-corrected chi connectivity index (χ4v) is 5.60. The minimum absolute atomic E-state index is 0.0534. The van der Waals surface area contributed by atoms with Crippen LogP contribution in [0, 0.1) is 12.8 Å². The van der Waals surface area contributed by atoms with Crippen LogP contribution in [0.1, 0.15) is 23.6 Å². The molecule has 2 bridgehead atoms. The van der Waals surface area contributed by atoms with Crippen molar-refractivity contribution in [1.29, 1.82) is 0 Å². The number of fused-ring (bicyclic) bond motifs is 7. The first-order valence-corrected chi connectivity index (χ1v) is 11.5. The average molecular weight is 457 g/mol. The second kappa shape index (κ2) is 7.92. The number of pyridine rings is 2. The quantitative estimate of drug-likeness (QED) is 0.376. The molecule has 8 nitrogen and oxygen atoms in total. The number of carbonyl (C=O) groups excluding carboxylic acids is 1. The normalized spacial score (nSPS) is 19.8. The first-order valence-electron chi connectivity index (χ1n) is 11.5. The molecule has 0 saturated carbocycles. The van der Waals surface area contributed by atoms with Crippen LogP contribution in [0.25, 0.3) is 21.9 Å². The van der Waals surface area contributed by atoms with Crippen molar-refractivity contribution in [2.24, 2.45) is 5.92 Å². The van der Waals surface area contributed by atoms with Gasteiger partial charge in [-0.15, -0.1) is 0 Å². The van der Waals surface area contributed by atoms with Gasteiger partial charge in [-0.2, -0.15) is 0 Å². The lowest BCUT2D eigenvalue weighted by Crippen LogP contribution is -2.49. The Morgan fingerprint density at radius 3 is 2.85 bits per heavy atom. The molecule has 2 aliphatic heterocycles. The van der Waals surface area contributed by atoms with Gasteiger partial charge in [0.15, 0.2) is 0 Å². The molecule has 2 atom stereocenters. The van der Waals surface area contributed by atoms with Gasteiger partial charge in [0.1, 0.15) is 11.4 Å². The molecule has 172 valence electrons. The largest absolute Gasteiger partial charge is 0.422 e. The smallest absolute Gasteiger partial charge is 0.346 e. The molecule has 8 heteroatoms. The summed E-state index contributed by atoms with van der Waals surface area (Å²) in [7, 11) is 0. The van der Waals surface area contributed by atoms with Crippen molar-refractivity contribution < 1.29 is 9.21 Å². The van der Waals surface area contributed by atoms with Crippen LogP contribution in [0.2, 0.25) is 0 Å². The highest BCUT2D eigenvalue weighted by molar-refractivity contribution is 6.04. The number of carbonyl (C=O) groups is 1. The zero-order valence-electron chi connectivity index (χ0n) is 18.8. The van der Waals surface area contributed by atoms with Gasteiger partial charge in [-0.05, 0) is 49.1 Å². The zero-order chi connectivity index (χ0) is 23.4. The molecule has 4 aromatic rings. The van der Waals surface area contributed by atoms with E-state index in [1.165, 1.54) is 0 Å². The summed E-state index contributed by atoms with van der Waals surface area (Å²) in [5, 5.41) is 4.08. The van der Waals surface area contributed by atoms with E-state index in [9.17, 15) is 14.4 Å². The Morgan fingerprint density at radius 2 is 1.97 bits per heavy atom. The minimum atomic E-state index is -0.434. The molecule has 0 radical (unpaired) electrons. The third-order valence-corrected chi connectivity index (χ3v) is 6.96. The first kappa shape index (κ1) is 20.8. The number of aryl methyl sites for hydroxylation is 1. The Kier molecular flexibility index (Phi) is 4.84. The van der Waals surface area contributed by atoms with E-state index in [2.05, 4.69) is 15.2 Å². The van der Waals surface area contributed by atoms with Gasteiger partial charge in [0.25, 0.3) is 5.56 Å². The molecular formula is C26H24N4O4. The summed E-state index contributed by atoms with van der Waals surface area (Å²) in [4.78, 5) is 44.4. The molecule has 6 rings (SSSR count). The lowest BCUT2D eigenvalue weighted by molar-refractivity contribution is -0.118. The number of hydrogen-bond donors (Lipinski definition) is 1. The maximum atomic E-state index is 12.9. The van der Waals surface area contributed by atoms with E-state index < -0.39 is 5.63 Å². The van der Waals surface area contributed by atoms with Crippen molar-refractivity contribution >= 4 is 33.6 Å². The topological polar surface area (TPSA) is 97.4 Å². The number of nitrogens with one attached hydrogen (secondary N) is 1. The third kappa shape index (κ3) is 3.51. The van der Waals surface area contributed by atoms with Gasteiger partial charge in [0.2, 0.25) is 5.91 Å². The Morgan fingerprint density at radius 1 is 1.12 bits per heavy atom. The van der Waals surface area contributed by atoms with E-state index in [1.54, 1.807) is 24.3 Å². The van der Waals surface area contributed by atoms with E-state index in [-0.39, 0.29) is 23.9 Å². The summed E-state index contributed by atoms with van der Waals surface area (Å²) in [6, 6.07) is 14.4. The Balaban J connectivity index is 1.24. The molecule has 2 unspecified atom stereocenters. The minimum Gasteiger partial charge on any atom is -0.422 e. The van der Waals surface area contributed by atoms with Gasteiger partial charge in [-0.1, -0.05) is 18.2 Å². The molecule has 1 saturated heterocycles. The molecule has 1 fully saturated rings. The molecule has 34 heavy (non-hydrogen) atoms. The predicted molar refractivity (Wildman–Crippen MR) is 129 cm³/mol. The van der Waals surface area contributed by atoms with E-state index in [0.29, 0.717) is 40.3 Å². The molecule has 1 aromatic carbocycles. The number of amides is 1. The number of likely N-dealkylation sites (tertiary alicyclic amines) is 1. The number of para-hydroxylation sites is 1. The van der Waals surface area contributed by atoms with E-state index in [1.807, 2.05) is 35.8 Å². The molecule has 0 aliphatic carbocycles. The summed E-state index contributed by atoms with van der Waals surface area (Å²) in [6.07, 6.45) is 1.04. The molecule has 1 amide bonds. The summed E-state index contributed by atoms with van der Waals surface area (Å²) >= 11 is 0.